The summed E-state index contributed by atoms with van der Waals surface area (Å²) in [5.41, 5.74) is 0.552. The Labute approximate surface area is 101 Å². The van der Waals surface area contributed by atoms with Crippen molar-refractivity contribution < 1.29 is 9.90 Å². The molecule has 15 heavy (non-hydrogen) atoms. The summed E-state index contributed by atoms with van der Waals surface area (Å²) in [6.07, 6.45) is 1.56. The molecule has 8 heteroatoms. The van der Waals surface area contributed by atoms with Gasteiger partial charge < -0.3 is 5.11 Å². The lowest BCUT2D eigenvalue weighted by atomic mass is 10.7. The van der Waals surface area contributed by atoms with E-state index in [1.807, 2.05) is 0 Å². The van der Waals surface area contributed by atoms with Crippen LogP contribution in [0.5, 0.6) is 0 Å². The van der Waals surface area contributed by atoms with Crippen LogP contribution in [-0.2, 0) is 4.79 Å². The predicted molar refractivity (Wildman–Crippen MR) is 61.3 cm³/mol. The fourth-order valence-electron chi connectivity index (χ4n) is 0.868. The maximum atomic E-state index is 10.4. The minimum absolute atomic E-state index is 0.000984. The number of aliphatic carboxylic acids is 1. The standard InChI is InChI=1S/C7H4BrN3O2S2/c8-3-1-9-5-6(10-3)15-7(11-5)14-2-4(12)13/h1H,2H2,(H,12,13). The van der Waals surface area contributed by atoms with Crippen LogP contribution in [0.1, 0.15) is 0 Å². The molecule has 0 aliphatic carbocycles. The largest absolute Gasteiger partial charge is 0.481 e. The average molecular weight is 306 g/mol. The molecule has 2 aromatic heterocycles. The quantitative estimate of drug-likeness (QED) is 0.874. The second kappa shape index (κ2) is 4.42. The third-order valence-corrected chi connectivity index (χ3v) is 3.84. The molecule has 5 nitrogen and oxygen atoms in total. The lowest BCUT2D eigenvalue weighted by molar-refractivity contribution is -0.133. The molecule has 2 rings (SSSR count). The summed E-state index contributed by atoms with van der Waals surface area (Å²) in [4.78, 5) is 23.4. The highest BCUT2D eigenvalue weighted by Gasteiger charge is 2.08. The molecule has 0 saturated carbocycles. The van der Waals surface area contributed by atoms with E-state index in [1.54, 1.807) is 6.20 Å². The first-order chi connectivity index (χ1) is 7.15. The molecule has 0 aliphatic rings. The van der Waals surface area contributed by atoms with Crippen molar-refractivity contribution in [2.45, 2.75) is 4.34 Å². The molecule has 0 spiro atoms. The minimum Gasteiger partial charge on any atom is -0.481 e. The first-order valence-corrected chi connectivity index (χ1v) is 6.38. The summed E-state index contributed by atoms with van der Waals surface area (Å²) in [7, 11) is 0. The number of carboxylic acid groups (broad SMARTS) is 1. The van der Waals surface area contributed by atoms with Crippen LogP contribution in [0, 0.1) is 0 Å². The van der Waals surface area contributed by atoms with E-state index in [2.05, 4.69) is 30.9 Å². The lowest BCUT2D eigenvalue weighted by Crippen LogP contribution is -1.96. The Morgan fingerprint density at radius 3 is 3.13 bits per heavy atom. The third-order valence-electron chi connectivity index (χ3n) is 1.39. The predicted octanol–water partition coefficient (Wildman–Crippen LogP) is 2.03. The maximum Gasteiger partial charge on any atom is 0.313 e. The van der Waals surface area contributed by atoms with Gasteiger partial charge in [0.05, 0.1) is 11.9 Å². The van der Waals surface area contributed by atoms with E-state index in [9.17, 15) is 4.79 Å². The third kappa shape index (κ3) is 2.64. The Morgan fingerprint density at radius 1 is 1.60 bits per heavy atom. The number of hydrogen-bond acceptors (Lipinski definition) is 6. The SMILES string of the molecule is O=C(O)CSc1nc2ncc(Br)nc2s1. The average Bonchev–Trinajstić information content (AvgIpc) is 2.56. The number of thioether (sulfide) groups is 1. The summed E-state index contributed by atoms with van der Waals surface area (Å²) in [5, 5.41) is 8.51. The van der Waals surface area contributed by atoms with Gasteiger partial charge in [-0.25, -0.2) is 15.0 Å². The summed E-state index contributed by atoms with van der Waals surface area (Å²) in [5.74, 6) is -0.859. The maximum absolute atomic E-state index is 10.4. The normalized spacial score (nSPS) is 10.7. The van der Waals surface area contributed by atoms with E-state index in [0.717, 1.165) is 0 Å². The molecule has 0 radical (unpaired) electrons. The molecule has 2 heterocycles. The number of thiazole rings is 1. The number of halogens is 1. The van der Waals surface area contributed by atoms with Crippen molar-refractivity contribution in [1.82, 2.24) is 15.0 Å². The van der Waals surface area contributed by atoms with E-state index in [4.69, 9.17) is 5.11 Å². The zero-order chi connectivity index (χ0) is 10.8. The van der Waals surface area contributed by atoms with E-state index in [1.165, 1.54) is 23.1 Å². The Morgan fingerprint density at radius 2 is 2.40 bits per heavy atom. The summed E-state index contributed by atoms with van der Waals surface area (Å²) in [6.45, 7) is 0. The Bertz CT molecular complexity index is 516. The van der Waals surface area contributed by atoms with Crippen LogP contribution < -0.4 is 0 Å². The van der Waals surface area contributed by atoms with Gasteiger partial charge in [0.15, 0.2) is 14.8 Å². The number of hydrogen-bond donors (Lipinski definition) is 1. The Balaban J connectivity index is 2.27. The van der Waals surface area contributed by atoms with Crippen molar-refractivity contribution in [2.24, 2.45) is 0 Å². The van der Waals surface area contributed by atoms with E-state index in [-0.39, 0.29) is 5.75 Å². The monoisotopic (exact) mass is 305 g/mol. The lowest BCUT2D eigenvalue weighted by Gasteiger charge is -1.88. The summed E-state index contributed by atoms with van der Waals surface area (Å²) >= 11 is 5.72. The molecule has 1 N–H and O–H groups in total. The van der Waals surface area contributed by atoms with Crippen molar-refractivity contribution in [3.05, 3.63) is 10.8 Å². The van der Waals surface area contributed by atoms with Crippen LogP contribution in [-0.4, -0.2) is 31.8 Å². The van der Waals surface area contributed by atoms with Gasteiger partial charge in [0.1, 0.15) is 4.60 Å². The number of rotatable bonds is 3. The molecule has 0 atom stereocenters. The first kappa shape index (κ1) is 10.8. The number of aromatic nitrogens is 3. The molecule has 0 saturated heterocycles. The van der Waals surface area contributed by atoms with Crippen LogP contribution in [0.15, 0.2) is 15.1 Å². The Kier molecular flexibility index (Phi) is 3.17. The molecular formula is C7H4BrN3O2S2. The van der Waals surface area contributed by atoms with Gasteiger partial charge in [0, 0.05) is 0 Å². The molecule has 2 aromatic rings. The molecule has 0 fully saturated rings. The molecule has 0 aliphatic heterocycles. The van der Waals surface area contributed by atoms with Crippen molar-refractivity contribution in [1.29, 1.82) is 0 Å². The fraction of sp³-hybridized carbons (Fsp3) is 0.143. The molecule has 0 aromatic carbocycles. The number of carbonyl (C=O) groups is 1. The number of fused-ring (bicyclic) bond motifs is 1. The first-order valence-electron chi connectivity index (χ1n) is 3.79. The minimum atomic E-state index is -0.860. The van der Waals surface area contributed by atoms with Gasteiger partial charge in [0.25, 0.3) is 0 Å². The topological polar surface area (TPSA) is 76.0 Å². The van der Waals surface area contributed by atoms with Crippen LogP contribution in [0.25, 0.3) is 10.5 Å². The van der Waals surface area contributed by atoms with Gasteiger partial charge in [-0.2, -0.15) is 0 Å². The van der Waals surface area contributed by atoms with Crippen molar-refractivity contribution in [3.8, 4) is 0 Å². The highest BCUT2D eigenvalue weighted by atomic mass is 79.9. The highest BCUT2D eigenvalue weighted by molar-refractivity contribution is 9.10. The molecule has 0 bridgehead atoms. The van der Waals surface area contributed by atoms with Gasteiger partial charge in [0.2, 0.25) is 0 Å². The van der Waals surface area contributed by atoms with Crippen LogP contribution in [0.3, 0.4) is 0 Å². The van der Waals surface area contributed by atoms with Gasteiger partial charge in [-0.3, -0.25) is 4.79 Å². The van der Waals surface area contributed by atoms with Gasteiger partial charge in [-0.15, -0.1) is 0 Å². The zero-order valence-electron chi connectivity index (χ0n) is 7.18. The van der Waals surface area contributed by atoms with Crippen LogP contribution in [0.2, 0.25) is 0 Å². The molecule has 0 amide bonds. The van der Waals surface area contributed by atoms with Crippen molar-refractivity contribution in [2.75, 3.05) is 5.75 Å². The van der Waals surface area contributed by atoms with Crippen molar-refractivity contribution in [3.63, 3.8) is 0 Å². The fourth-order valence-corrected chi connectivity index (χ4v) is 2.94. The second-order valence-electron chi connectivity index (χ2n) is 2.48. The van der Waals surface area contributed by atoms with Gasteiger partial charge in [-0.05, 0) is 15.9 Å². The number of carboxylic acids is 1. The summed E-state index contributed by atoms with van der Waals surface area (Å²) in [6, 6.07) is 0. The van der Waals surface area contributed by atoms with E-state index < -0.39 is 5.97 Å². The highest BCUT2D eigenvalue weighted by Crippen LogP contribution is 2.27. The smallest absolute Gasteiger partial charge is 0.313 e. The van der Waals surface area contributed by atoms with Gasteiger partial charge >= 0.3 is 5.97 Å². The van der Waals surface area contributed by atoms with Gasteiger partial charge in [-0.1, -0.05) is 23.1 Å². The molecule has 78 valence electrons. The Hall–Kier alpha value is -0.730. The summed E-state index contributed by atoms with van der Waals surface area (Å²) < 4.78 is 1.32. The van der Waals surface area contributed by atoms with Crippen molar-refractivity contribution >= 4 is 55.5 Å². The zero-order valence-corrected chi connectivity index (χ0v) is 10.4. The van der Waals surface area contributed by atoms with Crippen LogP contribution >= 0.6 is 39.0 Å². The van der Waals surface area contributed by atoms with Crippen LogP contribution in [0.4, 0.5) is 0 Å². The molecule has 0 unspecified atom stereocenters. The number of nitrogens with zero attached hydrogens (tertiary/aromatic N) is 3. The molecular weight excluding hydrogens is 302 g/mol. The second-order valence-corrected chi connectivity index (χ2v) is 5.50. The van der Waals surface area contributed by atoms with E-state index in [0.29, 0.717) is 19.4 Å². The van der Waals surface area contributed by atoms with E-state index >= 15 is 0 Å².